The highest BCUT2D eigenvalue weighted by Gasteiger charge is 2.36. The van der Waals surface area contributed by atoms with Gasteiger partial charge in [-0.25, -0.2) is 36.5 Å². The molecule has 3 rings (SSSR count). The molecule has 0 atom stereocenters. The Morgan fingerprint density at radius 2 is 1.41 bits per heavy atom. The van der Waals surface area contributed by atoms with Crippen LogP contribution >= 0.6 is 0 Å². The molecule has 44 heavy (non-hydrogen) atoms. The third-order valence-electron chi connectivity index (χ3n) is 4.71. The van der Waals surface area contributed by atoms with Gasteiger partial charge in [-0.1, -0.05) is 0 Å². The maximum atomic E-state index is 13.7. The quantitative estimate of drug-likeness (QED) is 0.134. The van der Waals surface area contributed by atoms with Crippen molar-refractivity contribution in [3.8, 4) is 5.69 Å². The van der Waals surface area contributed by atoms with Crippen LogP contribution in [0.2, 0.25) is 0 Å². The summed E-state index contributed by atoms with van der Waals surface area (Å²) in [6, 6.07) is 1.10. The zero-order valence-corrected chi connectivity index (χ0v) is 22.3. The molecular weight excluding hydrogens is 626 g/mol. The lowest BCUT2D eigenvalue weighted by Gasteiger charge is -2.11. The molecule has 0 unspecified atom stereocenters. The zero-order valence-electron chi connectivity index (χ0n) is 22.3. The first-order valence-corrected chi connectivity index (χ1v) is 11.2. The topological polar surface area (TPSA) is 137 Å². The Hall–Kier alpha value is -5.19. The summed E-state index contributed by atoms with van der Waals surface area (Å²) in [5, 5.41) is 0. The summed E-state index contributed by atoms with van der Waals surface area (Å²) < 4.78 is 131. The van der Waals surface area contributed by atoms with E-state index in [1.54, 1.807) is 6.92 Å². The summed E-state index contributed by atoms with van der Waals surface area (Å²) in [5.41, 5.74) is -1.60. The minimum absolute atomic E-state index is 0.0640. The van der Waals surface area contributed by atoms with E-state index in [1.165, 1.54) is 20.1 Å². The molecule has 2 aromatic carbocycles. The molecule has 238 valence electrons. The number of carbonyl (C=O) groups excluding carboxylic acids is 2. The number of aromatic nitrogens is 2. The summed E-state index contributed by atoms with van der Waals surface area (Å²) in [7, 11) is 1.31. The van der Waals surface area contributed by atoms with E-state index in [-0.39, 0.29) is 34.5 Å². The highest BCUT2D eigenvalue weighted by Crippen LogP contribution is 2.35. The fraction of sp³-hybridized carbons (Fsp3) is 0.200. The van der Waals surface area contributed by atoms with Gasteiger partial charge >= 0.3 is 24.0 Å². The second-order valence-electron chi connectivity index (χ2n) is 8.11. The Bertz CT molecular complexity index is 1690. The molecule has 3 aromatic rings. The number of aliphatic imine (C=N–C) groups is 1. The van der Waals surface area contributed by atoms with E-state index in [2.05, 4.69) is 14.7 Å². The van der Waals surface area contributed by atoms with Crippen molar-refractivity contribution in [2.24, 2.45) is 10.7 Å². The predicted octanol–water partition coefficient (Wildman–Crippen LogP) is 5.10. The fourth-order valence-electron chi connectivity index (χ4n) is 2.90. The molecule has 0 fully saturated rings. The summed E-state index contributed by atoms with van der Waals surface area (Å²) in [6.07, 6.45) is -7.96. The van der Waals surface area contributed by atoms with Crippen LogP contribution in [0.4, 0.5) is 49.6 Å². The van der Waals surface area contributed by atoms with Crippen LogP contribution in [0.3, 0.4) is 0 Å². The number of methoxy groups -OCH3 is 1. The molecular formula is C25H18F10N4O5. The van der Waals surface area contributed by atoms with Gasteiger partial charge in [-0.3, -0.25) is 4.79 Å². The van der Waals surface area contributed by atoms with Gasteiger partial charge in [-0.2, -0.15) is 31.3 Å². The van der Waals surface area contributed by atoms with Crippen LogP contribution in [0, 0.1) is 30.2 Å². The number of nitrogens with one attached hydrogen (secondary N) is 1. The number of alkyl halides is 6. The maximum absolute atomic E-state index is 13.7. The number of aromatic amines is 1. The van der Waals surface area contributed by atoms with Crippen molar-refractivity contribution in [2.45, 2.75) is 26.2 Å². The van der Waals surface area contributed by atoms with Gasteiger partial charge in [-0.15, -0.1) is 0 Å². The molecule has 0 amide bonds. The normalized spacial score (nSPS) is 11.3. The molecule has 0 saturated carbocycles. The first-order chi connectivity index (χ1) is 20.1. The van der Waals surface area contributed by atoms with Crippen LogP contribution < -0.4 is 17.0 Å². The van der Waals surface area contributed by atoms with Gasteiger partial charge in [0.15, 0.2) is 5.82 Å². The number of aryl methyl sites for hydroxylation is 1. The molecule has 19 heteroatoms. The second-order valence-corrected chi connectivity index (χ2v) is 8.11. The molecule has 3 N–H and O–H groups in total. The highest BCUT2D eigenvalue weighted by atomic mass is 19.4. The molecule has 9 nitrogen and oxygen atoms in total. The number of rotatable bonds is 3. The Morgan fingerprint density at radius 1 is 0.909 bits per heavy atom. The van der Waals surface area contributed by atoms with Crippen LogP contribution in [0.1, 0.15) is 23.7 Å². The van der Waals surface area contributed by atoms with Crippen LogP contribution in [-0.2, 0) is 26.7 Å². The maximum Gasteiger partial charge on any atom is 0.419 e. The number of esters is 1. The number of allylic oxidation sites excluding steroid dienone is 1. The average Bonchev–Trinajstić information content (AvgIpc) is 2.86. The van der Waals surface area contributed by atoms with E-state index in [0.717, 1.165) is 12.1 Å². The number of nitrogens with two attached hydrogens (primary N) is 1. The Kier molecular flexibility index (Phi) is 12.4. The lowest BCUT2D eigenvalue weighted by molar-refractivity contribution is -0.141. The minimum Gasteiger partial charge on any atom is -0.466 e. The van der Waals surface area contributed by atoms with Crippen molar-refractivity contribution in [1.29, 1.82) is 0 Å². The van der Waals surface area contributed by atoms with E-state index in [0.29, 0.717) is 5.70 Å². The predicted molar refractivity (Wildman–Crippen MR) is 131 cm³/mol. The Labute approximate surface area is 238 Å². The largest absolute Gasteiger partial charge is 0.466 e. The van der Waals surface area contributed by atoms with E-state index in [9.17, 15) is 63.1 Å². The van der Waals surface area contributed by atoms with Crippen molar-refractivity contribution < 1.29 is 58.2 Å². The van der Waals surface area contributed by atoms with Crippen molar-refractivity contribution in [2.75, 3.05) is 7.11 Å². The molecule has 0 radical (unpaired) electrons. The number of H-pyrrole nitrogens is 1. The van der Waals surface area contributed by atoms with Gasteiger partial charge in [-0.05, 0) is 26.0 Å². The summed E-state index contributed by atoms with van der Waals surface area (Å²) in [5.74, 6) is -6.87. The third kappa shape index (κ3) is 10.3. The number of hydrogen-bond acceptors (Lipinski definition) is 7. The molecule has 0 aliphatic carbocycles. The molecule has 0 aliphatic rings. The van der Waals surface area contributed by atoms with Crippen LogP contribution in [0.5, 0.6) is 0 Å². The van der Waals surface area contributed by atoms with Gasteiger partial charge < -0.3 is 15.5 Å². The molecule has 1 heterocycles. The van der Waals surface area contributed by atoms with Gasteiger partial charge in [0, 0.05) is 35.7 Å². The Morgan fingerprint density at radius 3 is 1.82 bits per heavy atom. The lowest BCUT2D eigenvalue weighted by Crippen LogP contribution is -2.34. The average molecular weight is 644 g/mol. The minimum atomic E-state index is -5.09. The first-order valence-electron chi connectivity index (χ1n) is 11.2. The smallest absolute Gasteiger partial charge is 0.419 e. The second kappa shape index (κ2) is 14.8. The third-order valence-corrected chi connectivity index (χ3v) is 4.71. The van der Waals surface area contributed by atoms with Gasteiger partial charge in [0.1, 0.15) is 23.1 Å². The van der Waals surface area contributed by atoms with Gasteiger partial charge in [0.25, 0.3) is 5.56 Å². The lowest BCUT2D eigenvalue weighted by atomic mass is 10.1. The first kappa shape index (κ1) is 36.8. The molecule has 0 aliphatic heterocycles. The van der Waals surface area contributed by atoms with Crippen molar-refractivity contribution in [3.05, 3.63) is 103 Å². The highest BCUT2D eigenvalue weighted by molar-refractivity contribution is 5.82. The number of ether oxygens (including phenoxy) is 1. The number of benzene rings is 2. The van der Waals surface area contributed by atoms with Crippen LogP contribution in [0.15, 0.2) is 56.7 Å². The standard InChI is InChI=1S/C12H7F5N2O2.C8H2F5NO.C5H9NO2/c1-5-2-10(20)19(11(21)18-5)9-4-7(13)6(3-8(9)14)12(15,16)17;9-5-2-7(14-3-15)6(10)1-4(5)8(11,12)13;1-4(6)3-5(7)8-2/h2-4H,1H3,(H,18,21);1-2H;3H,6H2,1-2H3/b;;4-3-. The van der Waals surface area contributed by atoms with Crippen LogP contribution in [-0.4, -0.2) is 28.7 Å². The van der Waals surface area contributed by atoms with E-state index >= 15 is 0 Å². The monoisotopic (exact) mass is 644 g/mol. The van der Waals surface area contributed by atoms with Gasteiger partial charge in [0.2, 0.25) is 6.08 Å². The number of carbonyl (C=O) groups is 1. The summed E-state index contributed by atoms with van der Waals surface area (Å²) in [4.78, 5) is 48.1. The fourth-order valence-corrected chi connectivity index (χ4v) is 2.90. The Balaban J connectivity index is 0.000000367. The molecule has 0 bridgehead atoms. The van der Waals surface area contributed by atoms with Gasteiger partial charge in [0.05, 0.1) is 23.9 Å². The van der Waals surface area contributed by atoms with Crippen molar-refractivity contribution in [3.63, 3.8) is 0 Å². The van der Waals surface area contributed by atoms with E-state index in [1.807, 2.05) is 0 Å². The number of isocyanates is 1. The van der Waals surface area contributed by atoms with Crippen molar-refractivity contribution in [1.82, 2.24) is 9.55 Å². The number of halogens is 10. The number of nitrogens with zero attached hydrogens (tertiary/aromatic N) is 2. The zero-order chi connectivity index (χ0) is 34.2. The van der Waals surface area contributed by atoms with Crippen LogP contribution in [0.25, 0.3) is 5.69 Å². The van der Waals surface area contributed by atoms with E-state index < -0.39 is 75.3 Å². The molecule has 1 aromatic heterocycles. The summed E-state index contributed by atoms with van der Waals surface area (Å²) in [6.45, 7) is 3.01. The SMILES string of the molecule is COC(=O)/C=C(/C)N.Cc1cc(=O)n(-c2cc(F)c(C(F)(F)F)cc2F)c(=O)[nH]1.O=C=Nc1cc(F)c(C(F)(F)F)cc1F. The van der Waals surface area contributed by atoms with Crippen molar-refractivity contribution >= 4 is 17.7 Å². The molecule has 0 saturated heterocycles. The molecule has 0 spiro atoms. The summed E-state index contributed by atoms with van der Waals surface area (Å²) >= 11 is 0. The van der Waals surface area contributed by atoms with E-state index in [4.69, 9.17) is 5.73 Å². The number of hydrogen-bond donors (Lipinski definition) is 2.